The molecule has 2 heterocycles. The van der Waals surface area contributed by atoms with Gasteiger partial charge in [-0.05, 0) is 42.4 Å². The van der Waals surface area contributed by atoms with Crippen LogP contribution in [0, 0.1) is 5.92 Å². The Hall–Kier alpha value is 0.700. The van der Waals surface area contributed by atoms with Gasteiger partial charge in [0.25, 0.3) is 0 Å². The highest BCUT2D eigenvalue weighted by Crippen LogP contribution is 2.38. The first-order chi connectivity index (χ1) is 4.97. The van der Waals surface area contributed by atoms with Gasteiger partial charge < -0.3 is 0 Å². The van der Waals surface area contributed by atoms with Crippen LogP contribution >= 0.6 is 23.5 Å². The molecule has 0 aromatic heterocycles. The lowest BCUT2D eigenvalue weighted by molar-refractivity contribution is 0.550. The zero-order valence-corrected chi connectivity index (χ0v) is 7.85. The van der Waals surface area contributed by atoms with Crippen molar-refractivity contribution in [1.82, 2.24) is 0 Å². The van der Waals surface area contributed by atoms with Crippen molar-refractivity contribution in [3.05, 3.63) is 0 Å². The normalized spacial score (nSPS) is 40.8. The predicted molar refractivity (Wildman–Crippen MR) is 50.9 cm³/mol. The van der Waals surface area contributed by atoms with Gasteiger partial charge in [-0.3, -0.25) is 0 Å². The van der Waals surface area contributed by atoms with Crippen LogP contribution in [-0.2, 0) is 0 Å². The summed E-state index contributed by atoms with van der Waals surface area (Å²) in [6.45, 7) is 0. The number of hydrogen-bond acceptors (Lipinski definition) is 2. The molecule has 2 aliphatic heterocycles. The smallest absolute Gasteiger partial charge is 0.00837 e. The second kappa shape index (κ2) is 3.40. The van der Waals surface area contributed by atoms with Gasteiger partial charge in [0, 0.05) is 5.25 Å². The Morgan fingerprint density at radius 2 is 2.10 bits per heavy atom. The summed E-state index contributed by atoms with van der Waals surface area (Å²) < 4.78 is 0. The van der Waals surface area contributed by atoms with E-state index in [0.29, 0.717) is 0 Å². The van der Waals surface area contributed by atoms with E-state index in [-0.39, 0.29) is 0 Å². The predicted octanol–water partition coefficient (Wildman–Crippen LogP) is 2.64. The van der Waals surface area contributed by atoms with E-state index in [2.05, 4.69) is 23.5 Å². The molecule has 0 aliphatic carbocycles. The summed E-state index contributed by atoms with van der Waals surface area (Å²) in [5.74, 6) is 5.41. The number of thioether (sulfide) groups is 2. The third-order valence-corrected chi connectivity index (χ3v) is 5.22. The van der Waals surface area contributed by atoms with Gasteiger partial charge in [0.05, 0.1) is 0 Å². The zero-order valence-electron chi connectivity index (χ0n) is 6.21. The summed E-state index contributed by atoms with van der Waals surface area (Å²) in [6, 6.07) is 0. The molecule has 2 heteroatoms. The van der Waals surface area contributed by atoms with Gasteiger partial charge in [0.15, 0.2) is 0 Å². The molecule has 0 amide bonds. The molecular weight excluding hydrogens is 160 g/mol. The molecule has 0 bridgehead atoms. The summed E-state index contributed by atoms with van der Waals surface area (Å²) >= 11 is 4.38. The quantitative estimate of drug-likeness (QED) is 0.599. The van der Waals surface area contributed by atoms with E-state index in [0.717, 1.165) is 11.2 Å². The lowest BCUT2D eigenvalue weighted by atomic mass is 10.0. The highest BCUT2D eigenvalue weighted by Gasteiger charge is 2.27. The fraction of sp³-hybridized carbons (Fsp3) is 1.00. The van der Waals surface area contributed by atoms with Crippen LogP contribution in [0.1, 0.15) is 19.3 Å². The van der Waals surface area contributed by atoms with E-state index in [9.17, 15) is 0 Å². The average molecular weight is 174 g/mol. The maximum Gasteiger partial charge on any atom is 0.00837 e. The average Bonchev–Trinajstić information content (AvgIpc) is 2.59. The van der Waals surface area contributed by atoms with E-state index >= 15 is 0 Å². The summed E-state index contributed by atoms with van der Waals surface area (Å²) in [5.41, 5.74) is 0. The number of hydrogen-bond donors (Lipinski definition) is 0. The van der Waals surface area contributed by atoms with Gasteiger partial charge in [0.1, 0.15) is 0 Å². The SMILES string of the molecule is C1CSC(C2CCSC2)C1. The van der Waals surface area contributed by atoms with Crippen molar-refractivity contribution in [1.29, 1.82) is 0 Å². The molecule has 2 aliphatic rings. The fourth-order valence-electron chi connectivity index (χ4n) is 1.82. The van der Waals surface area contributed by atoms with Crippen molar-refractivity contribution in [2.24, 2.45) is 5.92 Å². The van der Waals surface area contributed by atoms with E-state index in [1.54, 1.807) is 0 Å². The van der Waals surface area contributed by atoms with Crippen molar-refractivity contribution in [3.63, 3.8) is 0 Å². The Bertz CT molecular complexity index is 87.8. The zero-order chi connectivity index (χ0) is 6.81. The first-order valence-electron chi connectivity index (χ1n) is 4.16. The maximum absolute atomic E-state index is 2.23. The molecule has 2 atom stereocenters. The van der Waals surface area contributed by atoms with Crippen molar-refractivity contribution in [2.75, 3.05) is 17.3 Å². The van der Waals surface area contributed by atoms with E-state index in [4.69, 9.17) is 0 Å². The summed E-state index contributed by atoms with van der Waals surface area (Å²) in [6.07, 6.45) is 4.49. The minimum atomic E-state index is 1.05. The molecule has 2 rings (SSSR count). The molecule has 10 heavy (non-hydrogen) atoms. The molecular formula is C8H14S2. The van der Waals surface area contributed by atoms with Crippen molar-refractivity contribution < 1.29 is 0 Å². The fourth-order valence-corrected chi connectivity index (χ4v) is 4.75. The Labute approximate surface area is 71.5 Å². The van der Waals surface area contributed by atoms with Crippen LogP contribution in [0.2, 0.25) is 0 Å². The van der Waals surface area contributed by atoms with Gasteiger partial charge in [-0.1, -0.05) is 0 Å². The summed E-state index contributed by atoms with van der Waals surface area (Å²) in [4.78, 5) is 0. The van der Waals surface area contributed by atoms with E-state index in [1.807, 2.05) is 0 Å². The van der Waals surface area contributed by atoms with Crippen LogP contribution in [0.4, 0.5) is 0 Å². The molecule has 0 N–H and O–H groups in total. The minimum absolute atomic E-state index is 1.05. The van der Waals surface area contributed by atoms with Crippen LogP contribution in [0.5, 0.6) is 0 Å². The lowest BCUT2D eigenvalue weighted by Gasteiger charge is -2.14. The van der Waals surface area contributed by atoms with E-state index < -0.39 is 0 Å². The second-order valence-electron chi connectivity index (χ2n) is 3.18. The van der Waals surface area contributed by atoms with Crippen LogP contribution in [0.15, 0.2) is 0 Å². The lowest BCUT2D eigenvalue weighted by Crippen LogP contribution is -2.12. The first kappa shape index (κ1) is 7.35. The third-order valence-electron chi connectivity index (χ3n) is 2.46. The van der Waals surface area contributed by atoms with E-state index in [1.165, 1.54) is 36.5 Å². The Morgan fingerprint density at radius 3 is 2.70 bits per heavy atom. The highest BCUT2D eigenvalue weighted by atomic mass is 32.2. The first-order valence-corrected chi connectivity index (χ1v) is 6.36. The molecule has 58 valence electrons. The van der Waals surface area contributed by atoms with Crippen LogP contribution in [0.25, 0.3) is 0 Å². The van der Waals surface area contributed by atoms with Crippen molar-refractivity contribution in [2.45, 2.75) is 24.5 Å². The van der Waals surface area contributed by atoms with Gasteiger partial charge in [-0.25, -0.2) is 0 Å². The molecule has 0 nitrogen and oxygen atoms in total. The molecule has 0 saturated carbocycles. The van der Waals surface area contributed by atoms with Crippen molar-refractivity contribution in [3.8, 4) is 0 Å². The third kappa shape index (κ3) is 1.48. The molecule has 0 aromatic carbocycles. The van der Waals surface area contributed by atoms with Crippen LogP contribution in [-0.4, -0.2) is 22.5 Å². The monoisotopic (exact) mass is 174 g/mol. The summed E-state index contributed by atoms with van der Waals surface area (Å²) in [5, 5.41) is 1.05. The molecule has 0 aromatic rings. The van der Waals surface area contributed by atoms with Gasteiger partial charge in [-0.2, -0.15) is 23.5 Å². The molecule has 2 saturated heterocycles. The van der Waals surface area contributed by atoms with Crippen molar-refractivity contribution >= 4 is 23.5 Å². The molecule has 2 unspecified atom stereocenters. The highest BCUT2D eigenvalue weighted by molar-refractivity contribution is 8.00. The van der Waals surface area contributed by atoms with Gasteiger partial charge in [0.2, 0.25) is 0 Å². The van der Waals surface area contributed by atoms with Gasteiger partial charge in [-0.15, -0.1) is 0 Å². The second-order valence-corrected chi connectivity index (χ2v) is 5.67. The molecule has 2 fully saturated rings. The summed E-state index contributed by atoms with van der Waals surface area (Å²) in [7, 11) is 0. The van der Waals surface area contributed by atoms with Crippen LogP contribution < -0.4 is 0 Å². The largest absolute Gasteiger partial charge is 0.162 e. The molecule has 0 radical (unpaired) electrons. The number of rotatable bonds is 1. The topological polar surface area (TPSA) is 0 Å². The Morgan fingerprint density at radius 1 is 1.10 bits per heavy atom. The Balaban J connectivity index is 1.85. The molecule has 0 spiro atoms. The van der Waals surface area contributed by atoms with Crippen LogP contribution in [0.3, 0.4) is 0 Å². The Kier molecular flexibility index (Phi) is 2.50. The minimum Gasteiger partial charge on any atom is -0.162 e. The maximum atomic E-state index is 2.23. The standard InChI is InChI=1S/C8H14S2/c1-2-8(10-4-1)7-3-5-9-6-7/h7-8H,1-6H2. The van der Waals surface area contributed by atoms with Gasteiger partial charge >= 0.3 is 0 Å².